The molecule has 11 nitrogen and oxygen atoms in total. The maximum absolute atomic E-state index is 15.1. The summed E-state index contributed by atoms with van der Waals surface area (Å²) in [5, 5.41) is 9.83. The summed E-state index contributed by atoms with van der Waals surface area (Å²) in [5.74, 6) is -0.910. The summed E-state index contributed by atoms with van der Waals surface area (Å²) >= 11 is 0. The van der Waals surface area contributed by atoms with Gasteiger partial charge in [0.25, 0.3) is 0 Å². The zero-order valence-corrected chi connectivity index (χ0v) is 23.9. The number of fused-ring (bicyclic) bond motifs is 1. The first-order valence-corrected chi connectivity index (χ1v) is 12.9. The van der Waals surface area contributed by atoms with E-state index < -0.39 is 36.0 Å². The molecule has 2 heterocycles. The van der Waals surface area contributed by atoms with Crippen molar-refractivity contribution < 1.29 is 53.4 Å². The van der Waals surface area contributed by atoms with Crippen molar-refractivity contribution in [2.75, 3.05) is 50.2 Å². The van der Waals surface area contributed by atoms with E-state index in [0.29, 0.717) is 31.9 Å². The third-order valence-corrected chi connectivity index (χ3v) is 7.23. The summed E-state index contributed by atoms with van der Waals surface area (Å²) in [6.45, 7) is 1.82. The van der Waals surface area contributed by atoms with Gasteiger partial charge in [0.15, 0.2) is 0 Å². The number of methoxy groups -OCH3 is 2. The fraction of sp³-hybridized carbons (Fsp3) is 0.310. The van der Waals surface area contributed by atoms with Crippen LogP contribution in [0.15, 0.2) is 65.7 Å². The molecular formula is C29H35F4N4NaO7. The van der Waals surface area contributed by atoms with Crippen LogP contribution in [0.25, 0.3) is 0 Å². The molecule has 16 heteroatoms. The topological polar surface area (TPSA) is 172 Å². The van der Waals surface area contributed by atoms with Crippen molar-refractivity contribution in [3.63, 3.8) is 0 Å². The Hall–Kier alpha value is -3.60. The van der Waals surface area contributed by atoms with Gasteiger partial charge in [-0.05, 0) is 36.4 Å². The molecule has 3 aromatic carbocycles. The molecule has 242 valence electrons. The molecule has 0 aliphatic carbocycles. The predicted octanol–water partition coefficient (Wildman–Crippen LogP) is 2.58. The van der Waals surface area contributed by atoms with E-state index in [1.165, 1.54) is 30.2 Å². The number of hydrogen-bond acceptors (Lipinski definition) is 7. The Labute approximate surface area is 278 Å². The number of carboxylic acids is 1. The van der Waals surface area contributed by atoms with Gasteiger partial charge in [-0.15, -0.1) is 0 Å². The molecule has 1 fully saturated rings. The number of alkyl halides is 3. The van der Waals surface area contributed by atoms with Gasteiger partial charge in [-0.2, -0.15) is 13.2 Å². The molecule has 0 aromatic heterocycles. The molecule has 0 saturated carbocycles. The summed E-state index contributed by atoms with van der Waals surface area (Å²) in [6, 6.07) is 13.7. The number of carboxylic acid groups (broad SMARTS) is 1. The van der Waals surface area contributed by atoms with Gasteiger partial charge in [0.2, 0.25) is 5.96 Å². The van der Waals surface area contributed by atoms with Gasteiger partial charge in [0.1, 0.15) is 23.0 Å². The molecule has 0 bridgehead atoms. The standard InChI is InChI=1S/C29H28F4N4O4.Na.3H2O.H/c1-40-20-6-3-5-19(16-20)35-11-13-36(14-12-35)28-34-27-21(7-4-8-22(27)30)23(17-26(38)39)37(28)24-15-18(29(31,32)33)9-10-25(24)41-2;;;;;/h3-10,15-16,23H,11-14,17H2,1-2H3,(H,38,39);;3*1H2;/t23-;;;;;/m0...../s1. The summed E-state index contributed by atoms with van der Waals surface area (Å²) in [4.78, 5) is 22.0. The third kappa shape index (κ3) is 8.17. The van der Waals surface area contributed by atoms with Crippen molar-refractivity contribution in [2.45, 2.75) is 18.6 Å². The number of hydrogen-bond donors (Lipinski definition) is 1. The van der Waals surface area contributed by atoms with E-state index in [0.717, 1.165) is 17.8 Å². The fourth-order valence-electron chi connectivity index (χ4n) is 5.24. The van der Waals surface area contributed by atoms with E-state index in [-0.39, 0.29) is 74.6 Å². The molecule has 5 rings (SSSR count). The summed E-state index contributed by atoms with van der Waals surface area (Å²) < 4.78 is 67.3. The predicted molar refractivity (Wildman–Crippen MR) is 164 cm³/mol. The average Bonchev–Trinajstić information content (AvgIpc) is 2.96. The van der Waals surface area contributed by atoms with Crippen LogP contribution in [0.4, 0.5) is 34.6 Å². The zero-order chi connectivity index (χ0) is 29.3. The van der Waals surface area contributed by atoms with Crippen molar-refractivity contribution in [2.24, 2.45) is 4.99 Å². The molecule has 1 atom stereocenters. The van der Waals surface area contributed by atoms with Crippen molar-refractivity contribution in [1.82, 2.24) is 4.90 Å². The fourth-order valence-corrected chi connectivity index (χ4v) is 5.24. The quantitative estimate of drug-likeness (QED) is 0.315. The molecule has 2 aliphatic heterocycles. The van der Waals surface area contributed by atoms with E-state index in [1.54, 1.807) is 13.2 Å². The van der Waals surface area contributed by atoms with Gasteiger partial charge < -0.3 is 45.7 Å². The second-order valence-electron chi connectivity index (χ2n) is 9.63. The van der Waals surface area contributed by atoms with Crippen LogP contribution in [0, 0.1) is 5.82 Å². The summed E-state index contributed by atoms with van der Waals surface area (Å²) in [6.07, 6.45) is -5.18. The van der Waals surface area contributed by atoms with E-state index in [1.807, 2.05) is 29.2 Å². The molecule has 0 radical (unpaired) electrons. The third-order valence-electron chi connectivity index (χ3n) is 7.23. The maximum atomic E-state index is 15.1. The van der Waals surface area contributed by atoms with Gasteiger partial charge >= 0.3 is 41.7 Å². The van der Waals surface area contributed by atoms with Crippen molar-refractivity contribution >= 4 is 58.5 Å². The van der Waals surface area contributed by atoms with Gasteiger partial charge in [-0.25, -0.2) is 9.38 Å². The van der Waals surface area contributed by atoms with Gasteiger partial charge in [0.05, 0.1) is 37.9 Å². The monoisotopic (exact) mass is 650 g/mol. The van der Waals surface area contributed by atoms with E-state index in [4.69, 9.17) is 9.47 Å². The van der Waals surface area contributed by atoms with Crippen LogP contribution in [0.3, 0.4) is 0 Å². The first kappa shape index (κ1) is 39.4. The molecule has 0 unspecified atom stereocenters. The summed E-state index contributed by atoms with van der Waals surface area (Å²) in [5.41, 5.74) is 0.204. The number of anilines is 2. The number of benzene rings is 3. The van der Waals surface area contributed by atoms with Gasteiger partial charge in [-0.1, -0.05) is 18.2 Å². The second-order valence-corrected chi connectivity index (χ2v) is 9.63. The van der Waals surface area contributed by atoms with Crippen LogP contribution in [0.5, 0.6) is 11.5 Å². The number of carbonyl (C=O) groups is 1. The van der Waals surface area contributed by atoms with Gasteiger partial charge in [-0.3, -0.25) is 4.79 Å². The zero-order valence-electron chi connectivity index (χ0n) is 23.9. The number of para-hydroxylation sites is 1. The normalized spacial score (nSPS) is 15.6. The molecule has 2 aliphatic rings. The molecule has 1 saturated heterocycles. The number of ether oxygens (including phenoxy) is 2. The number of guanidine groups is 1. The molecule has 0 amide bonds. The number of rotatable bonds is 6. The average molecular weight is 651 g/mol. The molecular weight excluding hydrogens is 615 g/mol. The Morgan fingerprint density at radius 1 is 0.933 bits per heavy atom. The minimum absolute atomic E-state index is 0. The first-order valence-electron chi connectivity index (χ1n) is 12.9. The van der Waals surface area contributed by atoms with Crippen molar-refractivity contribution in [3.05, 3.63) is 77.6 Å². The van der Waals surface area contributed by atoms with Crippen molar-refractivity contribution in [1.29, 1.82) is 0 Å². The van der Waals surface area contributed by atoms with E-state index in [9.17, 15) is 23.1 Å². The molecule has 7 N–H and O–H groups in total. The van der Waals surface area contributed by atoms with Crippen LogP contribution in [0.2, 0.25) is 0 Å². The number of halogens is 4. The SMILES string of the molecule is COc1cccc(N2CCN(C3=Nc4c(F)cccc4[C@H](CC(=O)O)N3c3cc(C(F)(F)F)ccc3OC)CC2)c1.O.O.O.[NaH]. The summed E-state index contributed by atoms with van der Waals surface area (Å²) in [7, 11) is 2.90. The Morgan fingerprint density at radius 2 is 1.58 bits per heavy atom. The minimum atomic E-state index is -4.66. The van der Waals surface area contributed by atoms with Crippen LogP contribution in [-0.4, -0.2) is 108 Å². The number of piperazine rings is 1. The molecule has 3 aromatic rings. The second kappa shape index (κ2) is 16.1. The first-order chi connectivity index (χ1) is 19.6. The van der Waals surface area contributed by atoms with Gasteiger partial charge in [0, 0.05) is 43.5 Å². The van der Waals surface area contributed by atoms with Crippen LogP contribution in [0.1, 0.15) is 23.6 Å². The Balaban J connectivity index is 0.00000253. The number of aliphatic imine (C=N–C) groups is 1. The molecule has 45 heavy (non-hydrogen) atoms. The van der Waals surface area contributed by atoms with Crippen LogP contribution < -0.4 is 19.3 Å². The van der Waals surface area contributed by atoms with Crippen LogP contribution >= 0.6 is 0 Å². The van der Waals surface area contributed by atoms with E-state index in [2.05, 4.69) is 9.89 Å². The van der Waals surface area contributed by atoms with Crippen LogP contribution in [-0.2, 0) is 11.0 Å². The Kier molecular flexibility index (Phi) is 14.1. The van der Waals surface area contributed by atoms with Crippen molar-refractivity contribution in [3.8, 4) is 11.5 Å². The van der Waals surface area contributed by atoms with E-state index >= 15 is 4.39 Å². The number of aliphatic carboxylic acids is 1. The number of nitrogens with zero attached hydrogens (tertiary/aromatic N) is 4. The Morgan fingerprint density at radius 3 is 2.18 bits per heavy atom. The molecule has 0 spiro atoms. The Bertz CT molecular complexity index is 1490.